The summed E-state index contributed by atoms with van der Waals surface area (Å²) in [5.41, 5.74) is 16.4. The highest BCUT2D eigenvalue weighted by Gasteiger charge is 2.44. The quantitative estimate of drug-likeness (QED) is 0.0262. The van der Waals surface area contributed by atoms with Crippen molar-refractivity contribution in [3.8, 4) is 0 Å². The molecule has 3 fully saturated rings. The fourth-order valence-electron chi connectivity index (χ4n) is 10.5. The molecule has 0 aliphatic carbocycles. The third-order valence-electron chi connectivity index (χ3n) is 15.6. The molecule has 0 aromatic rings. The van der Waals surface area contributed by atoms with E-state index in [1.54, 1.807) is 41.5 Å². The Labute approximate surface area is 540 Å². The van der Waals surface area contributed by atoms with Gasteiger partial charge in [0.2, 0.25) is 76.8 Å². The number of aliphatic carboxylic acids is 3. The highest BCUT2D eigenvalue weighted by molar-refractivity contribution is 6.00. The summed E-state index contributed by atoms with van der Waals surface area (Å²) in [7, 11) is 0. The first kappa shape index (κ1) is 80.5. The SMILES string of the molecule is CC(=O)O.CC(C)C[C@H](NC(=O)[C@@H]1CCCN1C(=O)[C@@H](NC(=O)[C@@H]1CCCN1C(=O)[C@H](CCC(N)=O)NC(=O)[C@H](C)NC(=O)[C@H](C)NC(=O)[C@@H]1CCCN1)C(C)C)C(=O)N[C@H](C(=O)N[C@@H](CCCCN)C(=O)N[C@@H](CCC(N)=O)C(=O)N[C@@H](CC(=O)O)C(=O)O)C(C)C. The van der Waals surface area contributed by atoms with E-state index in [1.165, 1.54) is 23.6 Å². The van der Waals surface area contributed by atoms with Crippen molar-refractivity contribution in [1.82, 2.24) is 63.0 Å². The van der Waals surface area contributed by atoms with Crippen molar-refractivity contribution in [2.45, 2.75) is 231 Å². The van der Waals surface area contributed by atoms with Gasteiger partial charge in [-0.15, -0.1) is 0 Å². The highest BCUT2D eigenvalue weighted by Crippen LogP contribution is 2.24. The fraction of sp³-hybridized carbons (Fsp3) is 0.729. The van der Waals surface area contributed by atoms with Gasteiger partial charge in [0, 0.05) is 32.9 Å². The molecule has 19 N–H and O–H groups in total. The Balaban J connectivity index is 0.00000714. The molecule has 3 aliphatic heterocycles. The predicted octanol–water partition coefficient (Wildman–Crippen LogP) is -4.21. The van der Waals surface area contributed by atoms with E-state index in [-0.39, 0.29) is 76.4 Å². The maximum absolute atomic E-state index is 14.6. The topological polar surface area (TPSA) is 539 Å². The minimum absolute atomic E-state index is 0.0498. The lowest BCUT2D eigenvalue weighted by molar-refractivity contribution is -0.147. The molecule has 0 radical (unpaired) electrons. The van der Waals surface area contributed by atoms with Crippen molar-refractivity contribution in [3.05, 3.63) is 0 Å². The summed E-state index contributed by atoms with van der Waals surface area (Å²) in [5.74, 6) is -15.5. The van der Waals surface area contributed by atoms with Crippen molar-refractivity contribution in [2.75, 3.05) is 26.2 Å². The van der Waals surface area contributed by atoms with E-state index in [4.69, 9.17) is 27.1 Å². The molecule has 524 valence electrons. The Bertz CT molecular complexity index is 2670. The van der Waals surface area contributed by atoms with Gasteiger partial charge in [-0.1, -0.05) is 41.5 Å². The predicted molar refractivity (Wildman–Crippen MR) is 331 cm³/mol. The first-order valence-electron chi connectivity index (χ1n) is 31.5. The second-order valence-electron chi connectivity index (χ2n) is 24.6. The van der Waals surface area contributed by atoms with E-state index in [0.717, 1.165) is 13.3 Å². The Hall–Kier alpha value is -8.56. The molecule has 3 heterocycles. The Morgan fingerprint density at radius 2 is 0.946 bits per heavy atom. The number of rotatable bonds is 37. The van der Waals surface area contributed by atoms with Crippen molar-refractivity contribution in [2.24, 2.45) is 35.0 Å². The van der Waals surface area contributed by atoms with E-state index in [2.05, 4.69) is 47.9 Å². The Kier molecular flexibility index (Phi) is 34.4. The molecule has 93 heavy (non-hydrogen) atoms. The number of carboxylic acids is 3. The molecule has 0 spiro atoms. The number of primary amides is 2. The van der Waals surface area contributed by atoms with Gasteiger partial charge in [0.15, 0.2) is 0 Å². The van der Waals surface area contributed by atoms with E-state index >= 15 is 0 Å². The number of nitrogens with one attached hydrogen (secondary N) is 10. The number of likely N-dealkylation sites (tertiary alicyclic amines) is 2. The van der Waals surface area contributed by atoms with Crippen molar-refractivity contribution in [1.29, 1.82) is 0 Å². The first-order chi connectivity index (χ1) is 43.5. The average molecular weight is 1320 g/mol. The molecule has 0 saturated carbocycles. The fourth-order valence-corrected chi connectivity index (χ4v) is 10.5. The van der Waals surface area contributed by atoms with Gasteiger partial charge >= 0.3 is 11.9 Å². The van der Waals surface area contributed by atoms with Gasteiger partial charge in [-0.25, -0.2) is 4.79 Å². The minimum atomic E-state index is -1.91. The number of nitrogens with two attached hydrogens (primary N) is 3. The Morgan fingerprint density at radius 3 is 1.43 bits per heavy atom. The molecule has 0 bridgehead atoms. The van der Waals surface area contributed by atoms with Crippen LogP contribution in [0.15, 0.2) is 0 Å². The van der Waals surface area contributed by atoms with Crippen LogP contribution in [0.5, 0.6) is 0 Å². The lowest BCUT2D eigenvalue weighted by atomic mass is 9.98. The number of amides is 13. The van der Waals surface area contributed by atoms with Crippen LogP contribution >= 0.6 is 0 Å². The van der Waals surface area contributed by atoms with E-state index in [0.29, 0.717) is 32.2 Å². The first-order valence-corrected chi connectivity index (χ1v) is 31.5. The van der Waals surface area contributed by atoms with Crippen molar-refractivity contribution < 1.29 is 92.0 Å². The summed E-state index contributed by atoms with van der Waals surface area (Å²) in [4.78, 5) is 210. The molecule has 34 heteroatoms. The number of carboxylic acid groups (broad SMARTS) is 3. The third kappa shape index (κ3) is 27.7. The van der Waals surface area contributed by atoms with Crippen LogP contribution in [0, 0.1) is 17.8 Å². The number of hydrogen-bond donors (Lipinski definition) is 16. The van der Waals surface area contributed by atoms with Gasteiger partial charge in [0.05, 0.1) is 12.5 Å². The maximum atomic E-state index is 14.6. The zero-order chi connectivity index (χ0) is 70.6. The largest absolute Gasteiger partial charge is 0.481 e. The van der Waals surface area contributed by atoms with E-state index in [9.17, 15) is 82.1 Å². The van der Waals surface area contributed by atoms with Gasteiger partial charge in [-0.3, -0.25) is 71.9 Å². The van der Waals surface area contributed by atoms with Crippen LogP contribution in [0.3, 0.4) is 0 Å². The van der Waals surface area contributed by atoms with Gasteiger partial charge in [0.1, 0.15) is 66.5 Å². The number of unbranched alkanes of at least 4 members (excludes halogenated alkanes) is 1. The second kappa shape index (κ2) is 39.8. The summed E-state index contributed by atoms with van der Waals surface area (Å²) < 4.78 is 0. The van der Waals surface area contributed by atoms with Gasteiger partial charge < -0.3 is 95.5 Å². The molecule has 0 unspecified atom stereocenters. The molecular weight excluding hydrogens is 1220 g/mol. The summed E-state index contributed by atoms with van der Waals surface area (Å²) in [6.07, 6.45) is 0.634. The van der Waals surface area contributed by atoms with Crippen LogP contribution in [-0.2, 0) is 76.7 Å². The molecule has 3 aliphatic rings. The van der Waals surface area contributed by atoms with Crippen LogP contribution in [0.2, 0.25) is 0 Å². The zero-order valence-corrected chi connectivity index (χ0v) is 54.6. The van der Waals surface area contributed by atoms with Crippen LogP contribution in [0.25, 0.3) is 0 Å². The average Bonchev–Trinajstić information content (AvgIpc) is 1.90. The summed E-state index contributed by atoms with van der Waals surface area (Å²) in [6, 6.07) is -15.1. The van der Waals surface area contributed by atoms with Crippen molar-refractivity contribution >= 4 is 94.7 Å². The van der Waals surface area contributed by atoms with Crippen LogP contribution < -0.4 is 70.4 Å². The van der Waals surface area contributed by atoms with Gasteiger partial charge in [-0.05, 0) is 122 Å². The van der Waals surface area contributed by atoms with Gasteiger partial charge in [-0.2, -0.15) is 0 Å². The van der Waals surface area contributed by atoms with E-state index in [1.807, 2.05) is 5.32 Å². The molecular formula is C59H99N15O19. The maximum Gasteiger partial charge on any atom is 0.326 e. The number of carbonyl (C=O) groups excluding carboxylic acids is 13. The highest BCUT2D eigenvalue weighted by atomic mass is 16.4. The number of nitrogens with zero attached hydrogens (tertiary/aromatic N) is 2. The molecule has 3 saturated heterocycles. The van der Waals surface area contributed by atoms with Crippen molar-refractivity contribution in [3.63, 3.8) is 0 Å². The normalized spacial score (nSPS) is 18.9. The minimum Gasteiger partial charge on any atom is -0.481 e. The van der Waals surface area contributed by atoms with Gasteiger partial charge in [0.25, 0.3) is 5.97 Å². The second-order valence-corrected chi connectivity index (χ2v) is 24.6. The Morgan fingerprint density at radius 1 is 0.484 bits per heavy atom. The summed E-state index contributed by atoms with van der Waals surface area (Å²) >= 11 is 0. The monoisotopic (exact) mass is 1320 g/mol. The lowest BCUT2D eigenvalue weighted by Gasteiger charge is -2.33. The molecule has 13 amide bonds. The summed E-state index contributed by atoms with van der Waals surface area (Å²) in [6.45, 7) is 15.1. The molecule has 12 atom stereocenters. The number of hydrogen-bond acceptors (Lipinski definition) is 18. The third-order valence-corrected chi connectivity index (χ3v) is 15.6. The zero-order valence-electron chi connectivity index (χ0n) is 54.6. The van der Waals surface area contributed by atoms with Crippen LogP contribution in [0.1, 0.15) is 159 Å². The molecule has 34 nitrogen and oxygen atoms in total. The lowest BCUT2D eigenvalue weighted by Crippen LogP contribution is -2.61. The van der Waals surface area contributed by atoms with E-state index < -0.39 is 192 Å². The smallest absolute Gasteiger partial charge is 0.326 e. The molecule has 0 aromatic heterocycles. The standard InChI is InChI=1S/C57H95N15O17.C2H4O2/c1-28(2)26-37(51(82)69-44(29(3)4)54(85)65-34(14-9-10-22-58)49(80)64-35(18-20-41(59)73)50(81)68-38(57(88)89)27-43(75)76)67-52(83)39-16-13-25-72(39)56(87)45(30(5)6)70-53(84)40-17-12-24-71(40)55(86)36(19-21-42(60)74)66-47(78)32(8)62-46(77)31(7)63-48(79)33-15-11-23-61-33;1-2(3)4/h28-40,44-45,61H,9-27,58H2,1-8H3,(H2,59,73)(H2,60,74)(H,62,77)(H,63,79)(H,64,80)(H,65,85)(H,66,78)(H,67,83)(H,68,81)(H,69,82)(H,70,84)(H,75,76)(H,88,89);1H3,(H,3,4)/t31-,32-,33-,34-,35-,36-,37-,38-,39-,40-,44-,45-;/m0./s1. The van der Waals surface area contributed by atoms with Crippen LogP contribution in [0.4, 0.5) is 0 Å². The molecule has 0 aromatic carbocycles. The van der Waals surface area contributed by atoms with Crippen LogP contribution in [-0.4, -0.2) is 219 Å². The summed E-state index contributed by atoms with van der Waals surface area (Å²) in [5, 5.41) is 52.1. The number of carbonyl (C=O) groups is 16. The molecule has 3 rings (SSSR count).